The van der Waals surface area contributed by atoms with Gasteiger partial charge in [0.15, 0.2) is 0 Å². The summed E-state index contributed by atoms with van der Waals surface area (Å²) in [4.78, 5) is 25.3. The molecule has 1 amide bonds. The normalized spacial score (nSPS) is 18.6. The maximum absolute atomic E-state index is 12.5. The van der Waals surface area contributed by atoms with Crippen molar-refractivity contribution in [3.8, 4) is 0 Å². The molecule has 0 saturated carbocycles. The maximum atomic E-state index is 12.5. The van der Waals surface area contributed by atoms with Crippen LogP contribution in [-0.2, 0) is 9.47 Å². The van der Waals surface area contributed by atoms with Crippen LogP contribution >= 0.6 is 0 Å². The molecule has 1 aliphatic heterocycles. The number of carbonyl (C=O) groups is 2. The van der Waals surface area contributed by atoms with Crippen molar-refractivity contribution in [2.24, 2.45) is 0 Å². The van der Waals surface area contributed by atoms with Crippen molar-refractivity contribution in [1.29, 1.82) is 0 Å². The third kappa shape index (κ3) is 3.80. The van der Waals surface area contributed by atoms with E-state index in [2.05, 4.69) is 0 Å². The molecule has 0 spiro atoms. The number of carbonyl (C=O) groups excluding carboxylic acids is 1. The van der Waals surface area contributed by atoms with E-state index in [-0.39, 0.29) is 17.6 Å². The summed E-state index contributed by atoms with van der Waals surface area (Å²) >= 11 is 0. The van der Waals surface area contributed by atoms with Crippen LogP contribution in [-0.4, -0.2) is 61.4 Å². The van der Waals surface area contributed by atoms with Gasteiger partial charge in [-0.15, -0.1) is 0 Å². The fourth-order valence-electron chi connectivity index (χ4n) is 2.40. The number of aryl methyl sites for hydroxylation is 1. The predicted octanol–water partition coefficient (Wildman–Crippen LogP) is 1.18. The van der Waals surface area contributed by atoms with Crippen molar-refractivity contribution in [2.45, 2.75) is 13.0 Å². The van der Waals surface area contributed by atoms with Gasteiger partial charge in [0.25, 0.3) is 5.91 Å². The van der Waals surface area contributed by atoms with E-state index in [9.17, 15) is 9.59 Å². The SMILES string of the molecule is COCC1CN(C(=O)c2cc(C)cc(C(=O)O)c2)CCO1. The molecule has 2 rings (SSSR count). The molecule has 1 fully saturated rings. The van der Waals surface area contributed by atoms with Crippen molar-refractivity contribution in [2.75, 3.05) is 33.4 Å². The summed E-state index contributed by atoms with van der Waals surface area (Å²) in [6.07, 6.45) is -0.142. The fraction of sp³-hybridized carbons (Fsp3) is 0.467. The Morgan fingerprint density at radius 1 is 1.38 bits per heavy atom. The quantitative estimate of drug-likeness (QED) is 0.902. The maximum Gasteiger partial charge on any atom is 0.335 e. The highest BCUT2D eigenvalue weighted by molar-refractivity contribution is 5.97. The number of morpholine rings is 1. The molecule has 1 heterocycles. The number of hydrogen-bond acceptors (Lipinski definition) is 4. The van der Waals surface area contributed by atoms with Gasteiger partial charge in [-0.3, -0.25) is 4.79 Å². The number of carboxylic acids is 1. The highest BCUT2D eigenvalue weighted by Gasteiger charge is 2.25. The van der Waals surface area contributed by atoms with Crippen LogP contribution in [0.4, 0.5) is 0 Å². The van der Waals surface area contributed by atoms with Gasteiger partial charge in [0.05, 0.1) is 24.9 Å². The topological polar surface area (TPSA) is 76.1 Å². The largest absolute Gasteiger partial charge is 0.478 e. The zero-order chi connectivity index (χ0) is 15.4. The molecule has 0 bridgehead atoms. The van der Waals surface area contributed by atoms with E-state index < -0.39 is 5.97 Å². The minimum Gasteiger partial charge on any atom is -0.478 e. The van der Waals surface area contributed by atoms with Gasteiger partial charge in [-0.25, -0.2) is 4.79 Å². The number of carboxylic acid groups (broad SMARTS) is 1. The van der Waals surface area contributed by atoms with Crippen LogP contribution < -0.4 is 0 Å². The van der Waals surface area contributed by atoms with Gasteiger partial charge >= 0.3 is 5.97 Å². The van der Waals surface area contributed by atoms with Crippen molar-refractivity contribution >= 4 is 11.9 Å². The van der Waals surface area contributed by atoms with Gasteiger partial charge in [0.2, 0.25) is 0 Å². The van der Waals surface area contributed by atoms with Crippen LogP contribution in [0.15, 0.2) is 18.2 Å². The molecule has 1 unspecified atom stereocenters. The lowest BCUT2D eigenvalue weighted by atomic mass is 10.1. The first-order chi connectivity index (χ1) is 10.0. The van der Waals surface area contributed by atoms with Crippen molar-refractivity contribution < 1.29 is 24.2 Å². The Labute approximate surface area is 123 Å². The zero-order valence-corrected chi connectivity index (χ0v) is 12.2. The van der Waals surface area contributed by atoms with E-state index in [1.807, 2.05) is 0 Å². The molecule has 6 nitrogen and oxygen atoms in total. The second kappa shape index (κ2) is 6.69. The van der Waals surface area contributed by atoms with E-state index in [0.29, 0.717) is 31.9 Å². The van der Waals surface area contributed by atoms with Gasteiger partial charge in [0.1, 0.15) is 0 Å². The standard InChI is InChI=1S/C15H19NO5/c1-10-5-11(7-12(6-10)15(18)19)14(17)16-3-4-21-13(8-16)9-20-2/h5-7,13H,3-4,8-9H2,1-2H3,(H,18,19). The molecule has 1 atom stereocenters. The third-order valence-electron chi connectivity index (χ3n) is 3.35. The fourth-order valence-corrected chi connectivity index (χ4v) is 2.40. The van der Waals surface area contributed by atoms with Crippen LogP contribution in [0.5, 0.6) is 0 Å². The lowest BCUT2D eigenvalue weighted by Gasteiger charge is -2.32. The molecule has 1 aromatic carbocycles. The average Bonchev–Trinajstić information content (AvgIpc) is 2.46. The number of nitrogens with zero attached hydrogens (tertiary/aromatic N) is 1. The number of benzene rings is 1. The number of hydrogen-bond donors (Lipinski definition) is 1. The molecular weight excluding hydrogens is 274 g/mol. The lowest BCUT2D eigenvalue weighted by Crippen LogP contribution is -2.47. The first kappa shape index (κ1) is 15.5. The number of rotatable bonds is 4. The van der Waals surface area contributed by atoms with Gasteiger partial charge in [-0.2, -0.15) is 0 Å². The summed E-state index contributed by atoms with van der Waals surface area (Å²) in [5.74, 6) is -1.21. The number of ether oxygens (including phenoxy) is 2. The molecule has 1 N–H and O–H groups in total. The Kier molecular flexibility index (Phi) is 4.93. The lowest BCUT2D eigenvalue weighted by molar-refractivity contribution is -0.0531. The van der Waals surface area contributed by atoms with Crippen molar-refractivity contribution in [3.05, 3.63) is 34.9 Å². The Bertz CT molecular complexity index is 541. The Balaban J connectivity index is 2.17. The average molecular weight is 293 g/mol. The van der Waals surface area contributed by atoms with Crippen LogP contribution in [0.25, 0.3) is 0 Å². The Morgan fingerprint density at radius 3 is 2.76 bits per heavy atom. The molecule has 0 aliphatic carbocycles. The smallest absolute Gasteiger partial charge is 0.335 e. The van der Waals surface area contributed by atoms with Gasteiger partial charge < -0.3 is 19.5 Å². The third-order valence-corrected chi connectivity index (χ3v) is 3.35. The second-order valence-electron chi connectivity index (χ2n) is 5.09. The molecular formula is C15H19NO5. The summed E-state index contributed by atoms with van der Waals surface area (Å²) in [6, 6.07) is 4.67. The van der Waals surface area contributed by atoms with Crippen LogP contribution in [0.2, 0.25) is 0 Å². The van der Waals surface area contributed by atoms with Crippen molar-refractivity contribution in [1.82, 2.24) is 4.90 Å². The highest BCUT2D eigenvalue weighted by atomic mass is 16.5. The number of methoxy groups -OCH3 is 1. The molecule has 0 radical (unpaired) electrons. The Morgan fingerprint density at radius 2 is 2.10 bits per heavy atom. The first-order valence-corrected chi connectivity index (χ1v) is 6.76. The van der Waals surface area contributed by atoms with Gasteiger partial charge in [-0.05, 0) is 30.7 Å². The minimum absolute atomic E-state index is 0.125. The molecule has 6 heteroatoms. The predicted molar refractivity (Wildman–Crippen MR) is 75.7 cm³/mol. The van der Waals surface area contributed by atoms with Gasteiger partial charge in [-0.1, -0.05) is 0 Å². The summed E-state index contributed by atoms with van der Waals surface area (Å²) in [6.45, 7) is 3.60. The van der Waals surface area contributed by atoms with Crippen molar-refractivity contribution in [3.63, 3.8) is 0 Å². The Hall–Kier alpha value is -1.92. The van der Waals surface area contributed by atoms with Crippen LogP contribution in [0, 0.1) is 6.92 Å². The van der Waals surface area contributed by atoms with Crippen LogP contribution in [0.1, 0.15) is 26.3 Å². The van der Waals surface area contributed by atoms with E-state index in [1.165, 1.54) is 6.07 Å². The molecule has 1 aromatic rings. The van der Waals surface area contributed by atoms with E-state index in [0.717, 1.165) is 5.56 Å². The molecule has 1 aliphatic rings. The number of amides is 1. The summed E-state index contributed by atoms with van der Waals surface area (Å²) in [7, 11) is 1.59. The monoisotopic (exact) mass is 293 g/mol. The zero-order valence-electron chi connectivity index (χ0n) is 12.2. The summed E-state index contributed by atoms with van der Waals surface area (Å²) in [5, 5.41) is 9.08. The second-order valence-corrected chi connectivity index (χ2v) is 5.09. The summed E-state index contributed by atoms with van der Waals surface area (Å²) < 4.78 is 10.6. The van der Waals surface area contributed by atoms with E-state index in [4.69, 9.17) is 14.6 Å². The number of aromatic carboxylic acids is 1. The molecule has 1 saturated heterocycles. The molecule has 21 heavy (non-hydrogen) atoms. The first-order valence-electron chi connectivity index (χ1n) is 6.76. The highest BCUT2D eigenvalue weighted by Crippen LogP contribution is 2.15. The molecule has 0 aromatic heterocycles. The van der Waals surface area contributed by atoms with Crippen LogP contribution in [0.3, 0.4) is 0 Å². The summed E-state index contributed by atoms with van der Waals surface area (Å²) in [5.41, 5.74) is 1.27. The minimum atomic E-state index is -1.04. The molecule has 114 valence electrons. The van der Waals surface area contributed by atoms with E-state index in [1.54, 1.807) is 31.1 Å². The van der Waals surface area contributed by atoms with Gasteiger partial charge in [0, 0.05) is 25.8 Å². The van der Waals surface area contributed by atoms with E-state index >= 15 is 0 Å².